The molecule has 0 aliphatic carbocycles. The molecule has 0 aromatic rings. The van der Waals surface area contributed by atoms with Crippen molar-refractivity contribution >= 4 is 19.0 Å². The molecule has 1 amide bonds. The van der Waals surface area contributed by atoms with E-state index in [1.54, 1.807) is 0 Å². The molecule has 2 nitrogen and oxygen atoms in total. The summed E-state index contributed by atoms with van der Waals surface area (Å²) in [6.07, 6.45) is 1.65. The molecule has 0 rings (SSSR count). The summed E-state index contributed by atoms with van der Waals surface area (Å²) >= 11 is 4.00. The van der Waals surface area contributed by atoms with Gasteiger partial charge in [0.1, 0.15) is 0 Å². The first-order chi connectivity index (χ1) is 3.81. The van der Waals surface area contributed by atoms with Crippen molar-refractivity contribution in [3.8, 4) is 0 Å². The highest BCUT2D eigenvalue weighted by Crippen LogP contribution is 1.89. The predicted molar refractivity (Wildman–Crippen MR) is 37.1 cm³/mol. The van der Waals surface area contributed by atoms with Crippen LogP contribution in [0.1, 0.15) is 13.3 Å². The molecule has 0 bridgehead atoms. The third kappa shape index (κ3) is 3.99. The van der Waals surface area contributed by atoms with Crippen molar-refractivity contribution in [2.75, 3.05) is 5.75 Å². The zero-order valence-electron chi connectivity index (χ0n) is 4.92. The van der Waals surface area contributed by atoms with Gasteiger partial charge in [0.05, 0.1) is 0 Å². The lowest BCUT2D eigenvalue weighted by Gasteiger charge is -2.05. The Hall–Kier alpha value is -0.180. The van der Waals surface area contributed by atoms with Gasteiger partial charge in [-0.15, -0.1) is 0 Å². The molecule has 1 unspecified atom stereocenters. The predicted octanol–water partition coefficient (Wildman–Crippen LogP) is 0.441. The third-order valence-electron chi connectivity index (χ3n) is 0.915. The first-order valence-corrected chi connectivity index (χ1v) is 3.25. The van der Waals surface area contributed by atoms with Gasteiger partial charge in [-0.1, -0.05) is 0 Å². The van der Waals surface area contributed by atoms with Crippen LogP contribution in [0.25, 0.3) is 0 Å². The van der Waals surface area contributed by atoms with Crippen LogP contribution in [0.2, 0.25) is 0 Å². The monoisotopic (exact) mass is 133 g/mol. The number of rotatable bonds is 4. The van der Waals surface area contributed by atoms with E-state index in [2.05, 4.69) is 17.9 Å². The number of hydrogen-bond donors (Lipinski definition) is 2. The van der Waals surface area contributed by atoms with E-state index in [1.165, 1.54) is 0 Å². The van der Waals surface area contributed by atoms with Crippen LogP contribution in [0.5, 0.6) is 0 Å². The van der Waals surface area contributed by atoms with Crippen molar-refractivity contribution < 1.29 is 4.79 Å². The Bertz CT molecular complexity index is 67.4. The van der Waals surface area contributed by atoms with Crippen LogP contribution >= 0.6 is 12.6 Å². The van der Waals surface area contributed by atoms with Gasteiger partial charge < -0.3 is 5.32 Å². The van der Waals surface area contributed by atoms with E-state index >= 15 is 0 Å². The molecular formula is C5H11NOS. The van der Waals surface area contributed by atoms with Crippen molar-refractivity contribution in [3.05, 3.63) is 0 Å². The highest BCUT2D eigenvalue weighted by atomic mass is 32.1. The fourth-order valence-corrected chi connectivity index (χ4v) is 0.780. The molecule has 0 heterocycles. The Balaban J connectivity index is 3.03. The highest BCUT2D eigenvalue weighted by molar-refractivity contribution is 7.80. The maximum atomic E-state index is 9.75. The van der Waals surface area contributed by atoms with Crippen molar-refractivity contribution in [2.24, 2.45) is 0 Å². The number of thiol groups is 1. The second kappa shape index (κ2) is 4.97. The Labute approximate surface area is 55.1 Å². The van der Waals surface area contributed by atoms with Crippen LogP contribution in [-0.2, 0) is 4.79 Å². The zero-order chi connectivity index (χ0) is 6.41. The van der Waals surface area contributed by atoms with E-state index in [9.17, 15) is 4.79 Å². The van der Waals surface area contributed by atoms with Gasteiger partial charge in [0.25, 0.3) is 0 Å². The van der Waals surface area contributed by atoms with Crippen molar-refractivity contribution in [1.29, 1.82) is 0 Å². The molecule has 48 valence electrons. The summed E-state index contributed by atoms with van der Waals surface area (Å²) in [5, 5.41) is 2.62. The number of carbonyl (C=O) groups is 1. The quantitative estimate of drug-likeness (QED) is 0.423. The van der Waals surface area contributed by atoms with Crippen LogP contribution in [0, 0.1) is 0 Å². The summed E-state index contributed by atoms with van der Waals surface area (Å²) in [5.41, 5.74) is 0. The second-order valence-electron chi connectivity index (χ2n) is 1.70. The van der Waals surface area contributed by atoms with Crippen molar-refractivity contribution in [1.82, 2.24) is 5.32 Å². The van der Waals surface area contributed by atoms with Gasteiger partial charge in [0.15, 0.2) is 0 Å². The Morgan fingerprint density at radius 3 is 2.88 bits per heavy atom. The van der Waals surface area contributed by atoms with Crippen molar-refractivity contribution in [2.45, 2.75) is 19.4 Å². The molecule has 1 atom stereocenters. The molecule has 1 N–H and O–H groups in total. The van der Waals surface area contributed by atoms with Gasteiger partial charge in [-0.2, -0.15) is 12.6 Å². The minimum atomic E-state index is 0.269. The second-order valence-corrected chi connectivity index (χ2v) is 2.15. The van der Waals surface area contributed by atoms with E-state index < -0.39 is 0 Å². The fourth-order valence-electron chi connectivity index (χ4n) is 0.393. The minimum Gasteiger partial charge on any atom is -0.356 e. The number of carbonyl (C=O) groups excluding carboxylic acids is 1. The lowest BCUT2D eigenvalue weighted by molar-refractivity contribution is -0.110. The molecular weight excluding hydrogens is 122 g/mol. The Morgan fingerprint density at radius 2 is 2.50 bits per heavy atom. The van der Waals surface area contributed by atoms with Crippen LogP contribution in [0.15, 0.2) is 0 Å². The summed E-state index contributed by atoms with van der Waals surface area (Å²) in [4.78, 5) is 9.75. The molecule has 0 radical (unpaired) electrons. The maximum absolute atomic E-state index is 9.75. The standard InChI is InChI=1S/C5H11NOS/c1-5(2-3-8)6-4-7/h4-5,8H,2-3H2,1H3,(H,6,7). The summed E-state index contributed by atoms with van der Waals surface area (Å²) in [7, 11) is 0. The highest BCUT2D eigenvalue weighted by Gasteiger charge is 1.94. The van der Waals surface area contributed by atoms with Gasteiger partial charge in [-0.05, 0) is 19.1 Å². The SMILES string of the molecule is CC(CCS)NC=O. The van der Waals surface area contributed by atoms with E-state index in [1.807, 2.05) is 6.92 Å². The third-order valence-corrected chi connectivity index (χ3v) is 1.17. The van der Waals surface area contributed by atoms with Crippen molar-refractivity contribution in [3.63, 3.8) is 0 Å². The number of amides is 1. The zero-order valence-corrected chi connectivity index (χ0v) is 5.82. The minimum absolute atomic E-state index is 0.269. The molecule has 0 saturated carbocycles. The summed E-state index contributed by atoms with van der Waals surface area (Å²) in [5.74, 6) is 0.821. The van der Waals surface area contributed by atoms with Crippen LogP contribution in [0.3, 0.4) is 0 Å². The lowest BCUT2D eigenvalue weighted by Crippen LogP contribution is -2.24. The van der Waals surface area contributed by atoms with Crippen LogP contribution in [-0.4, -0.2) is 18.2 Å². The molecule has 0 spiro atoms. The fraction of sp³-hybridized carbons (Fsp3) is 0.800. The molecule has 0 aromatic carbocycles. The largest absolute Gasteiger partial charge is 0.356 e. The average molecular weight is 133 g/mol. The van der Waals surface area contributed by atoms with Gasteiger partial charge in [0.2, 0.25) is 6.41 Å². The molecule has 0 saturated heterocycles. The summed E-state index contributed by atoms with van der Waals surface area (Å²) in [6, 6.07) is 0.269. The maximum Gasteiger partial charge on any atom is 0.207 e. The average Bonchev–Trinajstić information content (AvgIpc) is 1.68. The number of hydrogen-bond acceptors (Lipinski definition) is 2. The Morgan fingerprint density at radius 1 is 1.88 bits per heavy atom. The number of nitrogens with one attached hydrogen (secondary N) is 1. The van der Waals surface area contributed by atoms with E-state index in [-0.39, 0.29) is 6.04 Å². The van der Waals surface area contributed by atoms with Gasteiger partial charge in [-0.25, -0.2) is 0 Å². The van der Waals surface area contributed by atoms with Crippen LogP contribution in [0.4, 0.5) is 0 Å². The molecule has 0 aliphatic rings. The molecule has 3 heteroatoms. The molecule has 0 fully saturated rings. The normalized spacial score (nSPS) is 12.8. The van der Waals surface area contributed by atoms with Gasteiger partial charge in [0, 0.05) is 6.04 Å². The summed E-state index contributed by atoms with van der Waals surface area (Å²) in [6.45, 7) is 1.95. The van der Waals surface area contributed by atoms with E-state index in [0.29, 0.717) is 6.41 Å². The molecule has 0 aromatic heterocycles. The first kappa shape index (κ1) is 7.82. The first-order valence-electron chi connectivity index (χ1n) is 2.61. The molecule has 0 aliphatic heterocycles. The van der Waals surface area contributed by atoms with Gasteiger partial charge >= 0.3 is 0 Å². The lowest BCUT2D eigenvalue weighted by atomic mass is 10.3. The van der Waals surface area contributed by atoms with E-state index in [4.69, 9.17) is 0 Å². The topological polar surface area (TPSA) is 29.1 Å². The molecule has 8 heavy (non-hydrogen) atoms. The van der Waals surface area contributed by atoms with Gasteiger partial charge in [-0.3, -0.25) is 4.79 Å². The Kier molecular flexibility index (Phi) is 4.85. The van der Waals surface area contributed by atoms with E-state index in [0.717, 1.165) is 12.2 Å². The summed E-state index contributed by atoms with van der Waals surface area (Å²) < 4.78 is 0. The smallest absolute Gasteiger partial charge is 0.207 e. The van der Waals surface area contributed by atoms with Crippen LogP contribution < -0.4 is 5.32 Å².